The first kappa shape index (κ1) is 15.1. The zero-order chi connectivity index (χ0) is 15.4. The number of oxime groups is 1. The van der Waals surface area contributed by atoms with Crippen LogP contribution in [0.25, 0.3) is 10.9 Å². The van der Waals surface area contributed by atoms with Gasteiger partial charge in [0.15, 0.2) is 5.84 Å². The molecule has 0 radical (unpaired) electrons. The molecule has 112 valence electrons. The number of amidine groups is 1. The lowest BCUT2D eigenvalue weighted by atomic mass is 10.1. The van der Waals surface area contributed by atoms with Crippen LogP contribution in [-0.2, 0) is 0 Å². The van der Waals surface area contributed by atoms with Gasteiger partial charge in [0.25, 0.3) is 0 Å². The van der Waals surface area contributed by atoms with Crippen molar-refractivity contribution >= 4 is 22.6 Å². The van der Waals surface area contributed by atoms with E-state index in [0.29, 0.717) is 11.5 Å². The maximum atomic E-state index is 9.01. The third kappa shape index (κ3) is 3.24. The minimum absolute atomic E-state index is 0.0826. The molecule has 1 aromatic carbocycles. The van der Waals surface area contributed by atoms with Crippen LogP contribution in [0.1, 0.15) is 25.8 Å². The first-order chi connectivity index (χ1) is 10.1. The lowest BCUT2D eigenvalue weighted by Crippen LogP contribution is -2.28. The summed E-state index contributed by atoms with van der Waals surface area (Å²) in [5, 5.41) is 13.1. The highest BCUT2D eigenvalue weighted by Gasteiger charge is 2.16. The van der Waals surface area contributed by atoms with Gasteiger partial charge in [-0.1, -0.05) is 43.6 Å². The van der Waals surface area contributed by atoms with Gasteiger partial charge < -0.3 is 15.8 Å². The minimum atomic E-state index is 0.0826. The molecular weight excluding hydrogens is 264 g/mol. The lowest BCUT2D eigenvalue weighted by Gasteiger charge is -2.24. The Kier molecular flexibility index (Phi) is 4.62. The fourth-order valence-corrected chi connectivity index (χ4v) is 2.32. The summed E-state index contributed by atoms with van der Waals surface area (Å²) in [6.45, 7) is 5.23. The van der Waals surface area contributed by atoms with Gasteiger partial charge in [-0.2, -0.15) is 0 Å². The van der Waals surface area contributed by atoms with Crippen molar-refractivity contribution in [1.82, 2.24) is 4.98 Å². The topological polar surface area (TPSA) is 74.7 Å². The summed E-state index contributed by atoms with van der Waals surface area (Å²) in [5.41, 5.74) is 7.38. The summed E-state index contributed by atoms with van der Waals surface area (Å²) in [5.74, 6) is 1.37. The van der Waals surface area contributed by atoms with E-state index in [0.717, 1.165) is 29.7 Å². The van der Waals surface area contributed by atoms with E-state index in [4.69, 9.17) is 10.9 Å². The normalized spacial score (nSPS) is 13.4. The Morgan fingerprint density at radius 1 is 1.43 bits per heavy atom. The molecule has 2 rings (SSSR count). The van der Waals surface area contributed by atoms with Crippen LogP contribution >= 0.6 is 0 Å². The Morgan fingerprint density at radius 2 is 2.14 bits per heavy atom. The summed E-state index contributed by atoms with van der Waals surface area (Å²) in [6.07, 6.45) is 1.09. The predicted molar refractivity (Wildman–Crippen MR) is 87.0 cm³/mol. The molecule has 0 saturated carbocycles. The maximum Gasteiger partial charge on any atom is 0.173 e. The molecule has 5 nitrogen and oxygen atoms in total. The van der Waals surface area contributed by atoms with Gasteiger partial charge in [0.05, 0.1) is 11.1 Å². The van der Waals surface area contributed by atoms with Crippen molar-refractivity contribution in [3.63, 3.8) is 0 Å². The molecule has 0 fully saturated rings. The van der Waals surface area contributed by atoms with Crippen LogP contribution in [0.2, 0.25) is 0 Å². The average molecular weight is 286 g/mol. The summed E-state index contributed by atoms with van der Waals surface area (Å²) in [6, 6.07) is 9.75. The summed E-state index contributed by atoms with van der Waals surface area (Å²) in [4.78, 5) is 6.75. The Bertz CT molecular complexity index is 654. The molecule has 5 heteroatoms. The third-order valence-corrected chi connectivity index (χ3v) is 3.73. The first-order valence-corrected chi connectivity index (χ1v) is 7.15. The van der Waals surface area contributed by atoms with Gasteiger partial charge in [-0.05, 0) is 18.1 Å². The Balaban J connectivity index is 2.53. The molecule has 0 bridgehead atoms. The molecule has 3 N–H and O–H groups in total. The number of anilines is 1. The molecular formula is C16H22N4O. The summed E-state index contributed by atoms with van der Waals surface area (Å²) >= 11 is 0. The fraction of sp³-hybridized carbons (Fsp3) is 0.375. The second-order valence-corrected chi connectivity index (χ2v) is 5.43. The van der Waals surface area contributed by atoms with E-state index in [-0.39, 0.29) is 5.84 Å². The molecule has 21 heavy (non-hydrogen) atoms. The van der Waals surface area contributed by atoms with Crippen LogP contribution in [0, 0.1) is 5.92 Å². The van der Waals surface area contributed by atoms with Crippen LogP contribution < -0.4 is 10.6 Å². The maximum absolute atomic E-state index is 9.01. The fourth-order valence-electron chi connectivity index (χ4n) is 2.32. The second-order valence-electron chi connectivity index (χ2n) is 5.43. The number of nitrogens with zero attached hydrogens (tertiary/aromatic N) is 3. The van der Waals surface area contributed by atoms with Crippen LogP contribution in [0.5, 0.6) is 0 Å². The molecule has 1 unspecified atom stereocenters. The lowest BCUT2D eigenvalue weighted by molar-refractivity contribution is 0.318. The first-order valence-electron chi connectivity index (χ1n) is 7.15. The largest absolute Gasteiger partial charge is 0.409 e. The second kappa shape index (κ2) is 6.43. The number of pyridine rings is 1. The molecule has 2 aromatic rings. The number of hydrogen-bond acceptors (Lipinski definition) is 4. The van der Waals surface area contributed by atoms with E-state index in [1.165, 1.54) is 0 Å². The van der Waals surface area contributed by atoms with E-state index < -0.39 is 0 Å². The van der Waals surface area contributed by atoms with Gasteiger partial charge >= 0.3 is 0 Å². The summed E-state index contributed by atoms with van der Waals surface area (Å²) < 4.78 is 0. The van der Waals surface area contributed by atoms with Gasteiger partial charge in [0, 0.05) is 19.0 Å². The third-order valence-electron chi connectivity index (χ3n) is 3.73. The van der Waals surface area contributed by atoms with Gasteiger partial charge in [-0.3, -0.25) is 0 Å². The number of nitrogens with two attached hydrogens (primary N) is 1. The number of rotatable bonds is 5. The van der Waals surface area contributed by atoms with Gasteiger partial charge in [0.1, 0.15) is 5.82 Å². The van der Waals surface area contributed by atoms with Crippen LogP contribution in [-0.4, -0.2) is 29.6 Å². The molecule has 1 heterocycles. The van der Waals surface area contributed by atoms with Crippen LogP contribution in [0.4, 0.5) is 5.82 Å². The highest BCUT2D eigenvalue weighted by atomic mass is 16.4. The van der Waals surface area contributed by atoms with Crippen molar-refractivity contribution in [2.24, 2.45) is 16.8 Å². The van der Waals surface area contributed by atoms with Gasteiger partial charge in [0.2, 0.25) is 0 Å². The van der Waals surface area contributed by atoms with Crippen molar-refractivity contribution < 1.29 is 5.21 Å². The molecule has 0 spiro atoms. The Morgan fingerprint density at radius 3 is 2.81 bits per heavy atom. The average Bonchev–Trinajstić information content (AvgIpc) is 2.52. The zero-order valence-corrected chi connectivity index (χ0v) is 12.7. The number of hydrogen-bond donors (Lipinski definition) is 2. The summed E-state index contributed by atoms with van der Waals surface area (Å²) in [7, 11) is 1.98. The number of benzene rings is 1. The van der Waals surface area contributed by atoms with E-state index >= 15 is 0 Å². The SMILES string of the molecule is CCC(C)CN(C)c1nc2ccccc2cc1C(N)=NO. The van der Waals surface area contributed by atoms with Crippen molar-refractivity contribution in [2.45, 2.75) is 20.3 Å². The van der Waals surface area contributed by atoms with Crippen LogP contribution in [0.15, 0.2) is 35.5 Å². The van der Waals surface area contributed by atoms with E-state index in [9.17, 15) is 0 Å². The van der Waals surface area contributed by atoms with E-state index in [1.807, 2.05) is 37.4 Å². The molecule has 0 aliphatic rings. The molecule has 0 aliphatic heterocycles. The minimum Gasteiger partial charge on any atom is -0.409 e. The van der Waals surface area contributed by atoms with Crippen molar-refractivity contribution in [3.05, 3.63) is 35.9 Å². The molecule has 1 aromatic heterocycles. The van der Waals surface area contributed by atoms with Crippen molar-refractivity contribution in [3.8, 4) is 0 Å². The highest BCUT2D eigenvalue weighted by Crippen LogP contribution is 2.23. The highest BCUT2D eigenvalue weighted by molar-refractivity contribution is 6.04. The zero-order valence-electron chi connectivity index (χ0n) is 12.7. The number of para-hydroxylation sites is 1. The Hall–Kier alpha value is -2.30. The quantitative estimate of drug-likeness (QED) is 0.383. The number of aromatic nitrogens is 1. The van der Waals surface area contributed by atoms with Gasteiger partial charge in [-0.15, -0.1) is 0 Å². The smallest absolute Gasteiger partial charge is 0.173 e. The molecule has 0 aliphatic carbocycles. The predicted octanol–water partition coefficient (Wildman–Crippen LogP) is 2.81. The number of fused-ring (bicyclic) bond motifs is 1. The monoisotopic (exact) mass is 286 g/mol. The molecule has 1 atom stereocenters. The molecule has 0 saturated heterocycles. The van der Waals surface area contributed by atoms with E-state index in [1.54, 1.807) is 0 Å². The Labute approximate surface area is 125 Å². The van der Waals surface area contributed by atoms with Crippen molar-refractivity contribution in [1.29, 1.82) is 0 Å². The standard InChI is InChI=1S/C16H22N4O/c1-4-11(2)10-20(3)16-13(15(17)19-21)9-12-7-5-6-8-14(12)18-16/h5-9,11,21H,4,10H2,1-3H3,(H2,17,19). The van der Waals surface area contributed by atoms with E-state index in [2.05, 4.69) is 28.9 Å². The van der Waals surface area contributed by atoms with Gasteiger partial charge in [-0.25, -0.2) is 4.98 Å². The van der Waals surface area contributed by atoms with Crippen molar-refractivity contribution in [2.75, 3.05) is 18.5 Å². The molecule has 0 amide bonds. The van der Waals surface area contributed by atoms with Crippen LogP contribution in [0.3, 0.4) is 0 Å².